The van der Waals surface area contributed by atoms with Crippen LogP contribution in [0.3, 0.4) is 0 Å². The van der Waals surface area contributed by atoms with Gasteiger partial charge in [0.1, 0.15) is 0 Å². The number of nitrogens with one attached hydrogen (secondary N) is 1. The van der Waals surface area contributed by atoms with Crippen LogP contribution in [0.15, 0.2) is 35.2 Å². The van der Waals surface area contributed by atoms with Crippen molar-refractivity contribution in [3.63, 3.8) is 0 Å². The number of rotatable bonds is 9. The number of benzene rings is 1. The maximum absolute atomic E-state index is 12.5. The summed E-state index contributed by atoms with van der Waals surface area (Å²) < 4.78 is 7.21. The molecule has 2 amide bonds. The molecular weight excluding hydrogens is 402 g/mol. The molecule has 0 radical (unpaired) electrons. The number of esters is 1. The average Bonchev–Trinajstić information content (AvgIpc) is 2.94. The summed E-state index contributed by atoms with van der Waals surface area (Å²) in [5.74, 6) is -1.06. The van der Waals surface area contributed by atoms with Crippen LogP contribution in [0.1, 0.15) is 41.2 Å². The minimum absolute atomic E-state index is 0.120. The van der Waals surface area contributed by atoms with Crippen molar-refractivity contribution in [2.24, 2.45) is 5.73 Å². The number of ether oxygens (including phenoxy) is 1. The highest BCUT2D eigenvalue weighted by Crippen LogP contribution is 2.27. The van der Waals surface area contributed by atoms with Gasteiger partial charge in [-0.3, -0.25) is 9.59 Å². The van der Waals surface area contributed by atoms with Gasteiger partial charge in [0.2, 0.25) is 11.8 Å². The predicted molar refractivity (Wildman–Crippen MR) is 120 cm³/mol. The van der Waals surface area contributed by atoms with Crippen LogP contribution in [-0.2, 0) is 20.9 Å². The van der Waals surface area contributed by atoms with Crippen molar-refractivity contribution in [2.45, 2.75) is 39.1 Å². The Balaban J connectivity index is 2.27. The second-order valence-corrected chi connectivity index (χ2v) is 7.52. The smallest absolute Gasteiger partial charge is 0.340 e. The number of carbonyl (C=O) groups is 3. The lowest BCUT2D eigenvalue weighted by molar-refractivity contribution is -0.115. The summed E-state index contributed by atoms with van der Waals surface area (Å²) in [4.78, 5) is 36.8. The van der Waals surface area contributed by atoms with Gasteiger partial charge in [-0.25, -0.2) is 4.79 Å². The molecule has 1 aromatic heterocycles. The SMILES string of the molecule is CCOC(=O)c1c(/C=C/C(=O)Nc2ccccc2SCC(N)=O)c(C)n(CC)c1C. The largest absolute Gasteiger partial charge is 0.462 e. The molecule has 1 aromatic carbocycles. The van der Waals surface area contributed by atoms with Gasteiger partial charge in [0, 0.05) is 34.5 Å². The molecule has 0 aliphatic rings. The fourth-order valence-corrected chi connectivity index (χ4v) is 3.97. The van der Waals surface area contributed by atoms with Crippen LogP contribution in [0.5, 0.6) is 0 Å². The Hall–Kier alpha value is -3.00. The number of anilines is 1. The molecule has 7 nitrogen and oxygen atoms in total. The normalized spacial score (nSPS) is 10.9. The molecule has 2 rings (SSSR count). The minimum atomic E-state index is -0.432. The molecule has 0 spiro atoms. The van der Waals surface area contributed by atoms with E-state index in [4.69, 9.17) is 10.5 Å². The van der Waals surface area contributed by atoms with Gasteiger partial charge in [-0.05, 0) is 45.9 Å². The second kappa shape index (κ2) is 10.7. The fraction of sp³-hybridized carbons (Fsp3) is 0.318. The number of aromatic nitrogens is 1. The maximum Gasteiger partial charge on any atom is 0.340 e. The van der Waals surface area contributed by atoms with Crippen molar-refractivity contribution < 1.29 is 19.1 Å². The highest BCUT2D eigenvalue weighted by molar-refractivity contribution is 8.00. The summed E-state index contributed by atoms with van der Waals surface area (Å²) in [6.45, 7) is 8.51. The fourth-order valence-electron chi connectivity index (χ4n) is 3.22. The topological polar surface area (TPSA) is 103 Å². The van der Waals surface area contributed by atoms with Gasteiger partial charge in [-0.1, -0.05) is 12.1 Å². The van der Waals surface area contributed by atoms with Crippen LogP contribution in [0.2, 0.25) is 0 Å². The van der Waals surface area contributed by atoms with Gasteiger partial charge >= 0.3 is 5.97 Å². The van der Waals surface area contributed by atoms with E-state index in [1.807, 2.05) is 31.4 Å². The minimum Gasteiger partial charge on any atom is -0.462 e. The number of para-hydroxylation sites is 1. The van der Waals surface area contributed by atoms with E-state index in [0.29, 0.717) is 23.4 Å². The molecule has 0 aliphatic heterocycles. The van der Waals surface area contributed by atoms with Crippen molar-refractivity contribution in [2.75, 3.05) is 17.7 Å². The third kappa shape index (κ3) is 5.54. The molecule has 30 heavy (non-hydrogen) atoms. The van der Waals surface area contributed by atoms with Gasteiger partial charge in [-0.15, -0.1) is 11.8 Å². The van der Waals surface area contributed by atoms with Crippen molar-refractivity contribution in [3.05, 3.63) is 52.9 Å². The van der Waals surface area contributed by atoms with Crippen molar-refractivity contribution in [3.8, 4) is 0 Å². The van der Waals surface area contributed by atoms with Gasteiger partial charge in [0.25, 0.3) is 0 Å². The van der Waals surface area contributed by atoms with Crippen LogP contribution >= 0.6 is 11.8 Å². The van der Waals surface area contributed by atoms with Crippen molar-refractivity contribution in [1.29, 1.82) is 0 Å². The first-order chi connectivity index (χ1) is 14.3. The molecule has 0 saturated heterocycles. The zero-order chi connectivity index (χ0) is 22.3. The summed E-state index contributed by atoms with van der Waals surface area (Å²) in [7, 11) is 0. The maximum atomic E-state index is 12.5. The molecular formula is C22H27N3O4S. The molecule has 2 aromatic rings. The monoisotopic (exact) mass is 429 g/mol. The summed E-state index contributed by atoms with van der Waals surface area (Å²) in [5.41, 5.74) is 8.62. The predicted octanol–water partition coefficient (Wildman–Crippen LogP) is 3.53. The van der Waals surface area contributed by atoms with Crippen LogP contribution in [0.4, 0.5) is 5.69 Å². The number of amides is 2. The molecule has 0 aliphatic carbocycles. The summed E-state index contributed by atoms with van der Waals surface area (Å²) in [6.07, 6.45) is 3.02. The molecule has 0 saturated carbocycles. The van der Waals surface area contributed by atoms with E-state index < -0.39 is 11.9 Å². The van der Waals surface area contributed by atoms with Crippen LogP contribution in [-0.4, -0.2) is 34.7 Å². The second-order valence-electron chi connectivity index (χ2n) is 6.50. The first-order valence-corrected chi connectivity index (χ1v) is 10.6. The number of hydrogen-bond donors (Lipinski definition) is 2. The molecule has 160 valence electrons. The lowest BCUT2D eigenvalue weighted by Crippen LogP contribution is -2.13. The number of hydrogen-bond acceptors (Lipinski definition) is 5. The van der Waals surface area contributed by atoms with E-state index in [0.717, 1.165) is 16.3 Å². The first kappa shape index (κ1) is 23.3. The van der Waals surface area contributed by atoms with E-state index in [9.17, 15) is 14.4 Å². The Labute approximate surface area is 180 Å². The van der Waals surface area contributed by atoms with E-state index in [1.165, 1.54) is 17.8 Å². The zero-order valence-electron chi connectivity index (χ0n) is 17.7. The summed E-state index contributed by atoms with van der Waals surface area (Å²) in [6, 6.07) is 7.17. The Morgan fingerprint density at radius 2 is 1.87 bits per heavy atom. The summed E-state index contributed by atoms with van der Waals surface area (Å²) >= 11 is 1.26. The lowest BCUT2D eigenvalue weighted by Gasteiger charge is -2.08. The lowest BCUT2D eigenvalue weighted by atomic mass is 10.1. The van der Waals surface area contributed by atoms with E-state index in [1.54, 1.807) is 31.2 Å². The van der Waals surface area contributed by atoms with Gasteiger partial charge in [-0.2, -0.15) is 0 Å². The Morgan fingerprint density at radius 3 is 2.50 bits per heavy atom. The van der Waals surface area contributed by atoms with Crippen LogP contribution < -0.4 is 11.1 Å². The van der Waals surface area contributed by atoms with Gasteiger partial charge in [0.15, 0.2) is 0 Å². The third-order valence-corrected chi connectivity index (χ3v) is 5.64. The number of primary amides is 1. The highest BCUT2D eigenvalue weighted by atomic mass is 32.2. The molecule has 0 fully saturated rings. The zero-order valence-corrected chi connectivity index (χ0v) is 18.5. The van der Waals surface area contributed by atoms with Crippen molar-refractivity contribution >= 4 is 41.3 Å². The Morgan fingerprint density at radius 1 is 1.17 bits per heavy atom. The first-order valence-electron chi connectivity index (χ1n) is 9.66. The van der Waals surface area contributed by atoms with E-state index in [2.05, 4.69) is 5.32 Å². The molecule has 0 unspecified atom stereocenters. The molecule has 3 N–H and O–H groups in total. The Kier molecular flexibility index (Phi) is 8.29. The highest BCUT2D eigenvalue weighted by Gasteiger charge is 2.22. The molecule has 8 heteroatoms. The van der Waals surface area contributed by atoms with Crippen LogP contribution in [0, 0.1) is 13.8 Å². The van der Waals surface area contributed by atoms with Crippen LogP contribution in [0.25, 0.3) is 6.08 Å². The van der Waals surface area contributed by atoms with E-state index in [-0.39, 0.29) is 18.3 Å². The molecule has 1 heterocycles. The van der Waals surface area contributed by atoms with Crippen molar-refractivity contribution in [1.82, 2.24) is 4.57 Å². The number of thioether (sulfide) groups is 1. The van der Waals surface area contributed by atoms with Gasteiger partial charge in [0.05, 0.1) is 23.6 Å². The number of nitrogens with two attached hydrogens (primary N) is 1. The quantitative estimate of drug-likeness (QED) is 0.361. The number of nitrogens with zero attached hydrogens (tertiary/aromatic N) is 1. The van der Waals surface area contributed by atoms with Gasteiger partial charge < -0.3 is 20.4 Å². The Bertz CT molecular complexity index is 979. The molecule has 0 bridgehead atoms. The third-order valence-electron chi connectivity index (χ3n) is 4.54. The molecule has 0 atom stereocenters. The summed E-state index contributed by atoms with van der Waals surface area (Å²) in [5, 5.41) is 2.81. The average molecular weight is 430 g/mol. The van der Waals surface area contributed by atoms with E-state index >= 15 is 0 Å². The number of carbonyl (C=O) groups excluding carboxylic acids is 3. The standard InChI is InChI=1S/C22H27N3O4S/c1-5-25-14(3)16(21(15(25)4)22(28)29-6-2)11-12-20(27)24-17-9-7-8-10-18(17)30-13-19(23)26/h7-12H,5-6,13H2,1-4H3,(H2,23,26)(H,24,27)/b12-11+.